The van der Waals surface area contributed by atoms with Gasteiger partial charge >= 0.3 is 0 Å². The first-order chi connectivity index (χ1) is 14.5. The lowest BCUT2D eigenvalue weighted by atomic mass is 9.99. The van der Waals surface area contributed by atoms with E-state index in [9.17, 15) is 4.79 Å². The van der Waals surface area contributed by atoms with Crippen molar-refractivity contribution in [1.82, 2.24) is 34.9 Å². The summed E-state index contributed by atoms with van der Waals surface area (Å²) in [6.07, 6.45) is 5.85. The highest BCUT2D eigenvalue weighted by Crippen LogP contribution is 2.33. The van der Waals surface area contributed by atoms with Crippen molar-refractivity contribution in [3.05, 3.63) is 33.8 Å². The Bertz CT molecular complexity index is 1090. The van der Waals surface area contributed by atoms with Crippen LogP contribution in [0.4, 0.5) is 5.82 Å². The van der Waals surface area contributed by atoms with E-state index < -0.39 is 0 Å². The molecule has 2 aliphatic rings. The average molecular weight is 474 g/mol. The van der Waals surface area contributed by atoms with Gasteiger partial charge < -0.3 is 15.5 Å². The molecule has 0 aliphatic carbocycles. The number of rotatable bonds is 3. The molecule has 0 spiro atoms. The smallest absolute Gasteiger partial charge is 0.277 e. The molecule has 11 heteroatoms. The molecule has 0 bridgehead atoms. The molecule has 158 valence electrons. The zero-order chi connectivity index (χ0) is 20.8. The van der Waals surface area contributed by atoms with Gasteiger partial charge in [-0.2, -0.15) is 10.3 Å². The molecule has 2 saturated heterocycles. The lowest BCUT2D eigenvalue weighted by Crippen LogP contribution is -2.39. The normalized spacial score (nSPS) is 22.2. The van der Waals surface area contributed by atoms with Crippen LogP contribution in [0.5, 0.6) is 0 Å². The number of nitrogens with zero attached hydrogens (tertiary/aromatic N) is 7. The number of piperidine rings is 1. The van der Waals surface area contributed by atoms with Crippen molar-refractivity contribution in [3.8, 4) is 0 Å². The molecule has 5 heterocycles. The van der Waals surface area contributed by atoms with Gasteiger partial charge in [0.15, 0.2) is 15.9 Å². The lowest BCUT2D eigenvalue weighted by Gasteiger charge is -2.34. The third-order valence-corrected chi connectivity index (χ3v) is 6.51. The van der Waals surface area contributed by atoms with E-state index in [4.69, 9.17) is 15.8 Å². The van der Waals surface area contributed by atoms with E-state index in [-0.39, 0.29) is 18.0 Å². The maximum absolute atomic E-state index is 13.1. The number of amides is 1. The highest BCUT2D eigenvalue weighted by Gasteiger charge is 2.33. The number of carbonyl (C=O) groups excluding carboxylic acids is 1. The van der Waals surface area contributed by atoms with Gasteiger partial charge in [-0.25, -0.2) is 9.50 Å². The van der Waals surface area contributed by atoms with Gasteiger partial charge in [0, 0.05) is 43.5 Å². The highest BCUT2D eigenvalue weighted by atomic mass is 79.9. The van der Waals surface area contributed by atoms with Gasteiger partial charge in [-0.3, -0.25) is 4.79 Å². The fourth-order valence-electron chi connectivity index (χ4n) is 4.45. The topological polar surface area (TPSA) is 121 Å². The van der Waals surface area contributed by atoms with Crippen LogP contribution in [0.15, 0.2) is 16.9 Å². The maximum Gasteiger partial charge on any atom is 0.277 e. The number of likely N-dealkylation sites (tertiary alicyclic amines) is 1. The Morgan fingerprint density at radius 3 is 2.87 bits per heavy atom. The van der Waals surface area contributed by atoms with Crippen molar-refractivity contribution in [2.45, 2.75) is 44.7 Å². The molecule has 2 fully saturated rings. The summed E-state index contributed by atoms with van der Waals surface area (Å²) in [4.78, 5) is 22.1. The largest absolute Gasteiger partial charge is 0.355 e. The van der Waals surface area contributed by atoms with E-state index in [0.29, 0.717) is 16.8 Å². The van der Waals surface area contributed by atoms with E-state index in [1.165, 1.54) is 0 Å². The molecule has 0 aromatic carbocycles. The molecule has 2 atom stereocenters. The molecule has 0 radical (unpaired) electrons. The number of aromatic nitrogens is 6. The number of anilines is 1. The number of halogens is 1. The van der Waals surface area contributed by atoms with Gasteiger partial charge in [-0.1, -0.05) is 0 Å². The fraction of sp³-hybridized carbons (Fsp3) is 0.526. The minimum atomic E-state index is -0.145. The third kappa shape index (κ3) is 3.35. The summed E-state index contributed by atoms with van der Waals surface area (Å²) in [7, 11) is 0. The number of H-pyrrole nitrogens is 1. The van der Waals surface area contributed by atoms with Crippen LogP contribution in [-0.2, 0) is 0 Å². The zero-order valence-electron chi connectivity index (χ0n) is 16.8. The Morgan fingerprint density at radius 1 is 1.27 bits per heavy atom. The third-order valence-electron chi connectivity index (χ3n) is 5.96. The SMILES string of the molecule is Cc1cn2nc([C@@H]3CCCCN3C(=O)c3n[nH]nc3Br)cc2nc1N1CC[C@H](N)C1. The number of carbonyl (C=O) groups is 1. The van der Waals surface area contributed by atoms with Crippen LogP contribution in [0, 0.1) is 6.92 Å². The number of aromatic amines is 1. The number of hydrogen-bond acceptors (Lipinski definition) is 7. The summed E-state index contributed by atoms with van der Waals surface area (Å²) >= 11 is 3.29. The van der Waals surface area contributed by atoms with Crippen LogP contribution >= 0.6 is 15.9 Å². The number of fused-ring (bicyclic) bond motifs is 1. The maximum atomic E-state index is 13.1. The summed E-state index contributed by atoms with van der Waals surface area (Å²) in [5.41, 5.74) is 9.08. The molecular formula is C19H24BrN9O. The van der Waals surface area contributed by atoms with Crippen molar-refractivity contribution in [1.29, 1.82) is 0 Å². The monoisotopic (exact) mass is 473 g/mol. The number of nitrogens with two attached hydrogens (primary N) is 1. The van der Waals surface area contributed by atoms with Crippen molar-refractivity contribution in [2.24, 2.45) is 5.73 Å². The molecule has 2 aliphatic heterocycles. The van der Waals surface area contributed by atoms with Gasteiger partial charge in [-0.15, -0.1) is 10.2 Å². The van der Waals surface area contributed by atoms with Gasteiger partial charge in [0.25, 0.3) is 5.91 Å². The molecule has 30 heavy (non-hydrogen) atoms. The van der Waals surface area contributed by atoms with Crippen LogP contribution in [-0.4, -0.2) is 66.5 Å². The molecule has 3 aromatic rings. The first-order valence-electron chi connectivity index (χ1n) is 10.3. The standard InChI is InChI=1S/C19H24BrN9O/c1-11-9-29-15(22-18(11)27-7-5-12(21)10-27)8-13(25-29)14-4-2-3-6-28(14)19(30)16-17(20)24-26-23-16/h8-9,12,14H,2-7,10,21H2,1H3,(H,23,24,26)/t12-,14-/m0/s1. The Balaban J connectivity index is 1.48. The van der Waals surface area contributed by atoms with E-state index in [1.807, 2.05) is 28.6 Å². The highest BCUT2D eigenvalue weighted by molar-refractivity contribution is 9.10. The second-order valence-electron chi connectivity index (χ2n) is 8.09. The molecule has 10 nitrogen and oxygen atoms in total. The van der Waals surface area contributed by atoms with E-state index in [2.05, 4.69) is 36.2 Å². The van der Waals surface area contributed by atoms with Crippen LogP contribution in [0.2, 0.25) is 0 Å². The quantitative estimate of drug-likeness (QED) is 0.594. The van der Waals surface area contributed by atoms with Crippen LogP contribution < -0.4 is 10.6 Å². The molecule has 5 rings (SSSR count). The molecule has 0 unspecified atom stereocenters. The Labute approximate surface area is 181 Å². The summed E-state index contributed by atoms with van der Waals surface area (Å²) < 4.78 is 2.24. The minimum absolute atomic E-state index is 0.111. The predicted molar refractivity (Wildman–Crippen MR) is 114 cm³/mol. The van der Waals surface area contributed by atoms with E-state index in [0.717, 1.165) is 61.5 Å². The van der Waals surface area contributed by atoms with Crippen molar-refractivity contribution < 1.29 is 4.79 Å². The zero-order valence-corrected chi connectivity index (χ0v) is 18.3. The molecule has 3 N–H and O–H groups in total. The van der Waals surface area contributed by atoms with Gasteiger partial charge in [0.1, 0.15) is 5.82 Å². The first-order valence-corrected chi connectivity index (χ1v) is 11.1. The number of hydrogen-bond donors (Lipinski definition) is 2. The summed E-state index contributed by atoms with van der Waals surface area (Å²) in [6, 6.07) is 2.08. The first kappa shape index (κ1) is 19.4. The van der Waals surface area contributed by atoms with Gasteiger partial charge in [-0.05, 0) is 48.5 Å². The second kappa shape index (κ2) is 7.62. The van der Waals surface area contributed by atoms with Crippen molar-refractivity contribution in [2.75, 3.05) is 24.5 Å². The minimum Gasteiger partial charge on any atom is -0.355 e. The summed E-state index contributed by atoms with van der Waals surface area (Å²) in [5, 5.41) is 15.2. The average Bonchev–Trinajstić information content (AvgIpc) is 3.46. The predicted octanol–water partition coefficient (Wildman–Crippen LogP) is 1.82. The van der Waals surface area contributed by atoms with E-state index in [1.54, 1.807) is 0 Å². The van der Waals surface area contributed by atoms with Gasteiger partial charge in [0.2, 0.25) is 0 Å². The van der Waals surface area contributed by atoms with Crippen molar-refractivity contribution in [3.63, 3.8) is 0 Å². The van der Waals surface area contributed by atoms with E-state index >= 15 is 0 Å². The number of aryl methyl sites for hydroxylation is 1. The number of nitrogens with one attached hydrogen (secondary N) is 1. The second-order valence-corrected chi connectivity index (χ2v) is 8.84. The lowest BCUT2D eigenvalue weighted by molar-refractivity contribution is 0.0598. The Morgan fingerprint density at radius 2 is 2.13 bits per heavy atom. The van der Waals surface area contributed by atoms with Crippen LogP contribution in [0.25, 0.3) is 5.65 Å². The summed E-state index contributed by atoms with van der Waals surface area (Å²) in [6.45, 7) is 4.46. The summed E-state index contributed by atoms with van der Waals surface area (Å²) in [5.74, 6) is 0.818. The van der Waals surface area contributed by atoms with Crippen LogP contribution in [0.1, 0.15) is 53.5 Å². The molecular weight excluding hydrogens is 450 g/mol. The van der Waals surface area contributed by atoms with Crippen molar-refractivity contribution >= 4 is 33.3 Å². The molecule has 0 saturated carbocycles. The molecule has 1 amide bonds. The Hall–Kier alpha value is -2.53. The van der Waals surface area contributed by atoms with Crippen LogP contribution in [0.3, 0.4) is 0 Å². The Kier molecular flexibility index (Phi) is 4.94. The fourth-order valence-corrected chi connectivity index (χ4v) is 4.79. The van der Waals surface area contributed by atoms with Gasteiger partial charge in [0.05, 0.1) is 11.7 Å². The molecule has 3 aromatic heterocycles.